The molecule has 0 bridgehead atoms. The maximum Gasteiger partial charge on any atom is 0.0267 e. The van der Waals surface area contributed by atoms with Crippen LogP contribution in [-0.2, 0) is 0 Å². The van der Waals surface area contributed by atoms with Crippen LogP contribution in [-0.4, -0.2) is 12.1 Å². The summed E-state index contributed by atoms with van der Waals surface area (Å²) in [5, 5.41) is 0. The second-order valence-electron chi connectivity index (χ2n) is 5.38. The summed E-state index contributed by atoms with van der Waals surface area (Å²) >= 11 is 0. The van der Waals surface area contributed by atoms with Crippen molar-refractivity contribution in [1.29, 1.82) is 0 Å². The Morgan fingerprint density at radius 1 is 1.15 bits per heavy atom. The van der Waals surface area contributed by atoms with Gasteiger partial charge in [0.05, 0.1) is 0 Å². The summed E-state index contributed by atoms with van der Waals surface area (Å²) < 4.78 is 0. The van der Waals surface area contributed by atoms with Crippen LogP contribution in [0.2, 0.25) is 0 Å². The molecule has 1 atom stereocenters. The van der Waals surface area contributed by atoms with Crippen molar-refractivity contribution >= 4 is 0 Å². The molecule has 1 rings (SSSR count). The average Bonchev–Trinajstić information content (AvgIpc) is 2.01. The molecule has 2 nitrogen and oxygen atoms in total. The van der Waals surface area contributed by atoms with E-state index in [1.165, 1.54) is 25.7 Å². The molecule has 0 aromatic heterocycles. The zero-order valence-corrected chi connectivity index (χ0v) is 9.54. The highest BCUT2D eigenvalue weighted by atomic mass is 15.4. The zero-order chi connectivity index (χ0) is 9.95. The first-order valence-electron chi connectivity index (χ1n) is 5.47. The molecule has 0 aromatic rings. The number of hydrogen-bond acceptors (Lipinski definition) is 2. The van der Waals surface area contributed by atoms with E-state index in [0.29, 0.717) is 5.41 Å². The molecular formula is C11H24N2. The Balaban J connectivity index is 2.48. The van der Waals surface area contributed by atoms with Crippen LogP contribution in [0.1, 0.15) is 53.4 Å². The smallest absolute Gasteiger partial charge is 0.0267 e. The molecule has 0 radical (unpaired) electrons. The average molecular weight is 184 g/mol. The van der Waals surface area contributed by atoms with E-state index in [9.17, 15) is 0 Å². The van der Waals surface area contributed by atoms with Crippen molar-refractivity contribution in [2.45, 2.75) is 58.9 Å². The molecule has 0 amide bonds. The summed E-state index contributed by atoms with van der Waals surface area (Å²) in [5.41, 5.74) is 7.52. The van der Waals surface area contributed by atoms with E-state index in [1.807, 2.05) is 0 Å². The third kappa shape index (κ3) is 3.28. The van der Waals surface area contributed by atoms with E-state index in [4.69, 9.17) is 0 Å². The lowest BCUT2D eigenvalue weighted by atomic mass is 9.80. The van der Waals surface area contributed by atoms with Crippen molar-refractivity contribution in [2.75, 3.05) is 6.54 Å². The third-order valence-corrected chi connectivity index (χ3v) is 3.38. The van der Waals surface area contributed by atoms with Crippen LogP contribution in [0.25, 0.3) is 0 Å². The summed E-state index contributed by atoms with van der Waals surface area (Å²) in [7, 11) is 0. The second kappa shape index (κ2) is 3.97. The lowest BCUT2D eigenvalue weighted by Gasteiger charge is -2.37. The van der Waals surface area contributed by atoms with Gasteiger partial charge in [0.1, 0.15) is 0 Å². The molecule has 1 aliphatic heterocycles. The van der Waals surface area contributed by atoms with Crippen molar-refractivity contribution in [3.05, 3.63) is 0 Å². The quantitative estimate of drug-likeness (QED) is 0.654. The maximum absolute atomic E-state index is 3.40. The highest BCUT2D eigenvalue weighted by Crippen LogP contribution is 2.30. The monoisotopic (exact) mass is 184 g/mol. The lowest BCUT2D eigenvalue weighted by molar-refractivity contribution is 0.178. The van der Waals surface area contributed by atoms with Crippen molar-refractivity contribution in [3.8, 4) is 0 Å². The Kier molecular flexibility index (Phi) is 3.36. The molecule has 1 unspecified atom stereocenters. The molecule has 0 saturated carbocycles. The normalized spacial score (nSPS) is 35.1. The van der Waals surface area contributed by atoms with Gasteiger partial charge in [0.25, 0.3) is 0 Å². The topological polar surface area (TPSA) is 24.1 Å². The highest BCUT2D eigenvalue weighted by molar-refractivity contribution is 4.83. The van der Waals surface area contributed by atoms with E-state index < -0.39 is 0 Å². The van der Waals surface area contributed by atoms with Gasteiger partial charge >= 0.3 is 0 Å². The molecule has 1 aliphatic rings. The predicted molar refractivity (Wildman–Crippen MR) is 57.5 cm³/mol. The van der Waals surface area contributed by atoms with Gasteiger partial charge in [0, 0.05) is 12.1 Å². The van der Waals surface area contributed by atoms with Gasteiger partial charge in [-0.1, -0.05) is 20.3 Å². The Morgan fingerprint density at radius 3 is 2.46 bits per heavy atom. The molecule has 78 valence electrons. The molecule has 13 heavy (non-hydrogen) atoms. The Bertz CT molecular complexity index is 151. The van der Waals surface area contributed by atoms with E-state index in [2.05, 4.69) is 38.5 Å². The summed E-state index contributed by atoms with van der Waals surface area (Å²) in [6, 6.07) is 0. The van der Waals surface area contributed by atoms with Gasteiger partial charge in [-0.25, -0.2) is 0 Å². The van der Waals surface area contributed by atoms with Crippen molar-refractivity contribution in [1.82, 2.24) is 10.9 Å². The Morgan fingerprint density at radius 2 is 1.85 bits per heavy atom. The highest BCUT2D eigenvalue weighted by Gasteiger charge is 2.27. The van der Waals surface area contributed by atoms with Gasteiger partial charge < -0.3 is 0 Å². The number of nitrogens with one attached hydrogen (secondary N) is 2. The molecule has 0 aromatic carbocycles. The molecule has 0 aliphatic carbocycles. The molecule has 2 heteroatoms. The van der Waals surface area contributed by atoms with Gasteiger partial charge in [-0.3, -0.25) is 10.9 Å². The molecule has 1 fully saturated rings. The van der Waals surface area contributed by atoms with E-state index >= 15 is 0 Å². The fraction of sp³-hybridized carbons (Fsp3) is 1.00. The number of hydrogen-bond donors (Lipinski definition) is 2. The number of hydrazine groups is 1. The van der Waals surface area contributed by atoms with Crippen LogP contribution >= 0.6 is 0 Å². The first-order chi connectivity index (χ1) is 5.97. The van der Waals surface area contributed by atoms with Crippen molar-refractivity contribution in [2.24, 2.45) is 5.41 Å². The second-order valence-corrected chi connectivity index (χ2v) is 5.38. The largest absolute Gasteiger partial charge is 0.257 e. The molecule has 2 N–H and O–H groups in total. The first-order valence-corrected chi connectivity index (χ1v) is 5.47. The Hall–Kier alpha value is -0.0800. The van der Waals surface area contributed by atoms with Gasteiger partial charge in [0.15, 0.2) is 0 Å². The van der Waals surface area contributed by atoms with Crippen molar-refractivity contribution < 1.29 is 0 Å². The maximum atomic E-state index is 3.40. The van der Waals surface area contributed by atoms with Gasteiger partial charge in [-0.2, -0.15) is 0 Å². The van der Waals surface area contributed by atoms with Crippen LogP contribution in [0.3, 0.4) is 0 Å². The predicted octanol–water partition coefficient (Wildman–Crippen LogP) is 2.46. The van der Waals surface area contributed by atoms with Crippen LogP contribution in [0.4, 0.5) is 0 Å². The minimum atomic E-state index is 0.259. The zero-order valence-electron chi connectivity index (χ0n) is 9.54. The third-order valence-electron chi connectivity index (χ3n) is 3.38. The molecule has 0 spiro atoms. The summed E-state index contributed by atoms with van der Waals surface area (Å²) in [5.74, 6) is 0. The van der Waals surface area contributed by atoms with Gasteiger partial charge in [-0.15, -0.1) is 0 Å². The lowest BCUT2D eigenvalue weighted by Crippen LogP contribution is -2.52. The van der Waals surface area contributed by atoms with Crippen LogP contribution < -0.4 is 10.9 Å². The molecular weight excluding hydrogens is 160 g/mol. The van der Waals surface area contributed by atoms with Crippen LogP contribution in [0.15, 0.2) is 0 Å². The number of rotatable bonds is 1. The Labute approximate surface area is 82.5 Å². The van der Waals surface area contributed by atoms with E-state index in [-0.39, 0.29) is 5.54 Å². The molecule has 1 heterocycles. The van der Waals surface area contributed by atoms with E-state index in [0.717, 1.165) is 6.54 Å². The van der Waals surface area contributed by atoms with Gasteiger partial charge in [-0.05, 0) is 38.5 Å². The fourth-order valence-electron chi connectivity index (χ4n) is 1.91. The summed E-state index contributed by atoms with van der Waals surface area (Å²) in [6.07, 6.45) is 5.21. The van der Waals surface area contributed by atoms with Gasteiger partial charge in [0.2, 0.25) is 0 Å². The standard InChI is InChI=1S/C11H24N2/c1-5-11(4)8-6-7-10(2,3)13-12-9-11/h12-13H,5-9H2,1-4H3. The van der Waals surface area contributed by atoms with Crippen LogP contribution in [0.5, 0.6) is 0 Å². The minimum Gasteiger partial charge on any atom is -0.257 e. The first kappa shape index (κ1) is 11.0. The summed E-state index contributed by atoms with van der Waals surface area (Å²) in [4.78, 5) is 0. The summed E-state index contributed by atoms with van der Waals surface area (Å²) in [6.45, 7) is 10.3. The minimum absolute atomic E-state index is 0.259. The van der Waals surface area contributed by atoms with E-state index in [1.54, 1.807) is 0 Å². The fourth-order valence-corrected chi connectivity index (χ4v) is 1.91. The SMILES string of the molecule is CCC1(C)CCCC(C)(C)NNC1. The van der Waals surface area contributed by atoms with Crippen molar-refractivity contribution in [3.63, 3.8) is 0 Å². The molecule has 1 saturated heterocycles. The van der Waals surface area contributed by atoms with Crippen LogP contribution in [0, 0.1) is 5.41 Å².